The van der Waals surface area contributed by atoms with Crippen LogP contribution in [0.3, 0.4) is 0 Å². The maximum Gasteiger partial charge on any atom is 0.0900 e. The van der Waals surface area contributed by atoms with E-state index < -0.39 is 5.34 Å². The molecule has 2 saturated carbocycles. The smallest absolute Gasteiger partial charge is 0.0900 e. The zero-order valence-corrected chi connectivity index (χ0v) is 14.1. The van der Waals surface area contributed by atoms with E-state index in [0.29, 0.717) is 16.7 Å². The van der Waals surface area contributed by atoms with Crippen molar-refractivity contribution < 1.29 is 5.11 Å². The summed E-state index contributed by atoms with van der Waals surface area (Å²) in [7, 11) is -0.328. The van der Waals surface area contributed by atoms with Crippen LogP contribution in [0.2, 0.25) is 0 Å². The van der Waals surface area contributed by atoms with E-state index in [4.69, 9.17) is 0 Å². The fraction of sp³-hybridized carbons (Fsp3) is 1.00. The minimum Gasteiger partial charge on any atom is -0.385 e. The Morgan fingerprint density at radius 2 is 1.56 bits per heavy atom. The first kappa shape index (κ1) is 14.8. The van der Waals surface area contributed by atoms with Crippen molar-refractivity contribution in [1.29, 1.82) is 0 Å². The predicted molar refractivity (Wildman–Crippen MR) is 81.4 cm³/mol. The average molecular weight is 270 g/mol. The molecule has 0 saturated heterocycles. The van der Waals surface area contributed by atoms with Gasteiger partial charge in [-0.2, -0.15) is 0 Å². The molecule has 2 bridgehead atoms. The van der Waals surface area contributed by atoms with Crippen molar-refractivity contribution in [3.63, 3.8) is 0 Å². The van der Waals surface area contributed by atoms with Crippen LogP contribution >= 0.6 is 7.92 Å². The van der Waals surface area contributed by atoms with Crippen molar-refractivity contribution >= 4 is 7.92 Å². The van der Waals surface area contributed by atoms with E-state index in [-0.39, 0.29) is 13.3 Å². The Bertz CT molecular complexity index is 328. The van der Waals surface area contributed by atoms with Gasteiger partial charge in [-0.05, 0) is 41.9 Å². The first-order valence-corrected chi connectivity index (χ1v) is 9.07. The lowest BCUT2D eigenvalue weighted by atomic mass is 9.69. The molecule has 0 heterocycles. The Morgan fingerprint density at radius 1 is 1.06 bits per heavy atom. The highest BCUT2D eigenvalue weighted by Crippen LogP contribution is 2.79. The Labute approximate surface area is 114 Å². The maximum atomic E-state index is 11.6. The minimum absolute atomic E-state index is 0.130. The van der Waals surface area contributed by atoms with Crippen LogP contribution in [-0.2, 0) is 0 Å². The molecule has 1 N–H and O–H groups in total. The Kier molecular flexibility index (Phi) is 3.44. The summed E-state index contributed by atoms with van der Waals surface area (Å²) in [6.45, 7) is 16.4. The first-order valence-electron chi connectivity index (χ1n) is 7.59. The van der Waals surface area contributed by atoms with Gasteiger partial charge in [0.25, 0.3) is 0 Å². The van der Waals surface area contributed by atoms with E-state index in [2.05, 4.69) is 48.5 Å². The van der Waals surface area contributed by atoms with Crippen molar-refractivity contribution in [3.05, 3.63) is 0 Å². The fourth-order valence-electron chi connectivity index (χ4n) is 5.08. The highest BCUT2D eigenvalue weighted by atomic mass is 31.1. The average Bonchev–Trinajstić information content (AvgIpc) is 2.48. The summed E-state index contributed by atoms with van der Waals surface area (Å²) < 4.78 is 0. The van der Waals surface area contributed by atoms with Crippen LogP contribution in [0, 0.1) is 16.7 Å². The van der Waals surface area contributed by atoms with Gasteiger partial charge in [-0.3, -0.25) is 0 Å². The molecule has 0 aromatic rings. The topological polar surface area (TPSA) is 20.2 Å². The molecule has 0 amide bonds. The van der Waals surface area contributed by atoms with Gasteiger partial charge < -0.3 is 5.11 Å². The van der Waals surface area contributed by atoms with Crippen LogP contribution in [0.1, 0.15) is 67.7 Å². The van der Waals surface area contributed by atoms with Crippen molar-refractivity contribution in [2.45, 2.75) is 84.4 Å². The van der Waals surface area contributed by atoms with Gasteiger partial charge in [0.05, 0.1) is 5.34 Å². The van der Waals surface area contributed by atoms with Gasteiger partial charge in [0.2, 0.25) is 0 Å². The fourth-order valence-corrected chi connectivity index (χ4v) is 9.38. The van der Waals surface area contributed by atoms with E-state index >= 15 is 0 Å². The third-order valence-corrected chi connectivity index (χ3v) is 10.1. The molecule has 2 fully saturated rings. The summed E-state index contributed by atoms with van der Waals surface area (Å²) in [5.74, 6) is 0.731. The number of rotatable bonds is 3. The van der Waals surface area contributed by atoms with Gasteiger partial charge in [0, 0.05) is 5.41 Å². The van der Waals surface area contributed by atoms with Crippen molar-refractivity contribution in [2.24, 2.45) is 16.7 Å². The molecule has 3 unspecified atom stereocenters. The molecule has 2 aliphatic carbocycles. The normalized spacial score (nSPS) is 42.5. The van der Waals surface area contributed by atoms with Crippen molar-refractivity contribution in [3.8, 4) is 0 Å². The summed E-state index contributed by atoms with van der Waals surface area (Å²) >= 11 is 0. The molecular weight excluding hydrogens is 239 g/mol. The standard InChI is InChI=1S/C16H31OP/c1-11(2)18(12(3)4)16(17)10-13-8-9-15(16,7)14(13,5)6/h11-13,17H,8-10H2,1-7H3. The van der Waals surface area contributed by atoms with Crippen LogP contribution in [-0.4, -0.2) is 21.8 Å². The van der Waals surface area contributed by atoms with Gasteiger partial charge in [-0.1, -0.05) is 56.4 Å². The SMILES string of the molecule is CC(C)P(C(C)C)C1(O)CC2CCC1(C)C2(C)C. The van der Waals surface area contributed by atoms with Gasteiger partial charge in [-0.15, -0.1) is 0 Å². The van der Waals surface area contributed by atoms with Gasteiger partial charge in [0.1, 0.15) is 0 Å². The quantitative estimate of drug-likeness (QED) is 0.729. The van der Waals surface area contributed by atoms with Crippen LogP contribution in [0.5, 0.6) is 0 Å². The lowest BCUT2D eigenvalue weighted by Gasteiger charge is -2.52. The van der Waals surface area contributed by atoms with Gasteiger partial charge in [-0.25, -0.2) is 0 Å². The highest BCUT2D eigenvalue weighted by Gasteiger charge is 2.70. The summed E-state index contributed by atoms with van der Waals surface area (Å²) in [6.07, 6.45) is 3.60. The molecule has 2 rings (SSSR count). The molecule has 3 atom stereocenters. The first-order chi connectivity index (χ1) is 8.08. The van der Waals surface area contributed by atoms with Crippen LogP contribution < -0.4 is 0 Å². The number of aliphatic hydroxyl groups is 1. The number of fused-ring (bicyclic) bond motifs is 2. The second kappa shape index (κ2) is 4.19. The highest BCUT2D eigenvalue weighted by molar-refractivity contribution is 7.60. The Balaban J connectivity index is 2.44. The molecule has 18 heavy (non-hydrogen) atoms. The third-order valence-electron chi connectivity index (χ3n) is 6.39. The molecule has 0 aliphatic heterocycles. The number of hydrogen-bond acceptors (Lipinski definition) is 1. The van der Waals surface area contributed by atoms with Crippen LogP contribution in [0.4, 0.5) is 0 Å². The summed E-state index contributed by atoms with van der Waals surface area (Å²) in [5.41, 5.74) is 1.69. The Hall–Kier alpha value is 0.390. The second-order valence-corrected chi connectivity index (χ2v) is 11.5. The molecule has 1 nitrogen and oxygen atoms in total. The zero-order chi connectivity index (χ0) is 13.9. The molecule has 0 spiro atoms. The molecule has 0 radical (unpaired) electrons. The molecular formula is C16H31OP. The van der Waals surface area contributed by atoms with Crippen LogP contribution in [0.15, 0.2) is 0 Å². The van der Waals surface area contributed by atoms with Crippen LogP contribution in [0.25, 0.3) is 0 Å². The van der Waals surface area contributed by atoms with Gasteiger partial charge in [0.15, 0.2) is 0 Å². The predicted octanol–water partition coefficient (Wildman–Crippen LogP) is 4.82. The largest absolute Gasteiger partial charge is 0.385 e. The summed E-state index contributed by atoms with van der Waals surface area (Å²) in [5, 5.41) is 11.2. The monoisotopic (exact) mass is 270 g/mol. The second-order valence-electron chi connectivity index (χ2n) is 7.90. The zero-order valence-electron chi connectivity index (χ0n) is 13.2. The van der Waals surface area contributed by atoms with Crippen molar-refractivity contribution in [2.75, 3.05) is 0 Å². The minimum atomic E-state index is -0.392. The van der Waals surface area contributed by atoms with E-state index in [0.717, 1.165) is 12.3 Å². The van der Waals surface area contributed by atoms with Gasteiger partial charge >= 0.3 is 0 Å². The molecule has 0 aromatic carbocycles. The van der Waals surface area contributed by atoms with E-state index in [1.165, 1.54) is 12.8 Å². The van der Waals surface area contributed by atoms with E-state index in [9.17, 15) is 5.11 Å². The molecule has 106 valence electrons. The maximum absolute atomic E-state index is 11.6. The Morgan fingerprint density at radius 3 is 1.83 bits per heavy atom. The lowest BCUT2D eigenvalue weighted by molar-refractivity contribution is -0.0223. The lowest BCUT2D eigenvalue weighted by Crippen LogP contribution is -2.48. The molecule has 2 heteroatoms. The summed E-state index contributed by atoms with van der Waals surface area (Å²) in [6, 6.07) is 0. The number of hydrogen-bond donors (Lipinski definition) is 1. The molecule has 2 aliphatic rings. The third kappa shape index (κ3) is 1.59. The summed E-state index contributed by atoms with van der Waals surface area (Å²) in [4.78, 5) is 0. The molecule has 0 aromatic heterocycles. The van der Waals surface area contributed by atoms with E-state index in [1.54, 1.807) is 0 Å². The van der Waals surface area contributed by atoms with E-state index in [1.807, 2.05) is 0 Å². The van der Waals surface area contributed by atoms with Crippen molar-refractivity contribution in [1.82, 2.24) is 0 Å².